The molecule has 1 atom stereocenters. The molecule has 6 heteroatoms. The molecule has 0 amide bonds. The lowest BCUT2D eigenvalue weighted by atomic mass is 10.1. The highest BCUT2D eigenvalue weighted by Gasteiger charge is 2.15. The van der Waals surface area contributed by atoms with Crippen molar-refractivity contribution < 1.29 is 0 Å². The van der Waals surface area contributed by atoms with E-state index in [0.29, 0.717) is 12.0 Å². The van der Waals surface area contributed by atoms with E-state index in [0.717, 1.165) is 28.2 Å². The smallest absolute Gasteiger partial charge is 0.183 e. The number of thiazole rings is 2. The van der Waals surface area contributed by atoms with E-state index in [2.05, 4.69) is 45.2 Å². The zero-order chi connectivity index (χ0) is 13.8. The molecule has 0 radical (unpaired) electrons. The highest BCUT2D eigenvalue weighted by molar-refractivity contribution is 7.14. The minimum atomic E-state index is 0.342. The molecule has 2 heterocycles. The summed E-state index contributed by atoms with van der Waals surface area (Å²) in [5.74, 6) is 0.526. The van der Waals surface area contributed by atoms with Crippen LogP contribution in [0.15, 0.2) is 10.8 Å². The second-order valence-corrected chi connectivity index (χ2v) is 6.68. The van der Waals surface area contributed by atoms with Gasteiger partial charge in [-0.05, 0) is 19.8 Å². The van der Waals surface area contributed by atoms with Gasteiger partial charge in [-0.15, -0.1) is 22.7 Å². The maximum absolute atomic E-state index is 4.46. The fourth-order valence-corrected chi connectivity index (χ4v) is 3.11. The first-order chi connectivity index (χ1) is 9.04. The Kier molecular flexibility index (Phi) is 4.76. The quantitative estimate of drug-likeness (QED) is 0.852. The Morgan fingerprint density at radius 1 is 1.05 bits per heavy atom. The molecule has 2 rings (SSSR count). The lowest BCUT2D eigenvalue weighted by Crippen LogP contribution is -2.33. The number of anilines is 2. The van der Waals surface area contributed by atoms with Crippen LogP contribution >= 0.6 is 22.7 Å². The minimum Gasteiger partial charge on any atom is -0.359 e. The van der Waals surface area contributed by atoms with E-state index < -0.39 is 0 Å². The third-order valence-corrected chi connectivity index (χ3v) is 4.63. The summed E-state index contributed by atoms with van der Waals surface area (Å²) in [4.78, 5) is 8.88. The van der Waals surface area contributed by atoms with Gasteiger partial charge in [0.15, 0.2) is 10.3 Å². The number of hydrogen-bond acceptors (Lipinski definition) is 6. The topological polar surface area (TPSA) is 49.8 Å². The number of nitrogens with zero attached hydrogens (tertiary/aromatic N) is 2. The summed E-state index contributed by atoms with van der Waals surface area (Å²) in [5.41, 5.74) is 2.13. The van der Waals surface area contributed by atoms with Gasteiger partial charge in [0.2, 0.25) is 0 Å². The van der Waals surface area contributed by atoms with Gasteiger partial charge >= 0.3 is 0 Å². The molecule has 104 valence electrons. The normalized spacial score (nSPS) is 12.7. The van der Waals surface area contributed by atoms with Crippen molar-refractivity contribution in [3.8, 4) is 0 Å². The first-order valence-electron chi connectivity index (χ1n) is 6.39. The maximum Gasteiger partial charge on any atom is 0.183 e. The molecule has 0 saturated carbocycles. The molecule has 0 aromatic carbocycles. The Morgan fingerprint density at radius 2 is 1.63 bits per heavy atom. The van der Waals surface area contributed by atoms with Crippen molar-refractivity contribution in [2.24, 2.45) is 5.92 Å². The molecule has 19 heavy (non-hydrogen) atoms. The van der Waals surface area contributed by atoms with Crippen molar-refractivity contribution in [2.75, 3.05) is 17.2 Å². The second-order valence-electron chi connectivity index (χ2n) is 4.96. The Hall–Kier alpha value is -1.14. The number of nitrogens with one attached hydrogen (secondary N) is 2. The van der Waals surface area contributed by atoms with E-state index >= 15 is 0 Å². The van der Waals surface area contributed by atoms with E-state index in [-0.39, 0.29) is 0 Å². The van der Waals surface area contributed by atoms with Crippen LogP contribution in [0.4, 0.5) is 10.3 Å². The van der Waals surface area contributed by atoms with Crippen LogP contribution in [0.5, 0.6) is 0 Å². The van der Waals surface area contributed by atoms with Crippen molar-refractivity contribution in [1.82, 2.24) is 9.97 Å². The fourth-order valence-electron chi connectivity index (χ4n) is 1.66. The molecule has 2 N–H and O–H groups in total. The molecule has 4 nitrogen and oxygen atoms in total. The monoisotopic (exact) mass is 296 g/mol. The summed E-state index contributed by atoms with van der Waals surface area (Å²) in [6.07, 6.45) is 0. The van der Waals surface area contributed by atoms with E-state index in [4.69, 9.17) is 0 Å². The lowest BCUT2D eigenvalue weighted by Gasteiger charge is -2.22. The van der Waals surface area contributed by atoms with Gasteiger partial charge in [0.25, 0.3) is 0 Å². The van der Waals surface area contributed by atoms with E-state index in [1.807, 2.05) is 13.8 Å². The Labute approximate surface area is 122 Å². The van der Waals surface area contributed by atoms with Crippen LogP contribution in [0.1, 0.15) is 25.2 Å². The standard InChI is InChI=1S/C13H20N4S2/c1-8(2)11(17-13-16-10(4)7-19-13)5-14-12-15-9(3)6-18-12/h6-8,11H,5H2,1-4H3,(H,14,15)(H,16,17)/t11-/m1/s1. The lowest BCUT2D eigenvalue weighted by molar-refractivity contribution is 0.541. The molecular formula is C13H20N4S2. The number of rotatable bonds is 6. The molecule has 0 aliphatic rings. The third kappa shape index (κ3) is 4.18. The van der Waals surface area contributed by atoms with Crippen LogP contribution in [0.2, 0.25) is 0 Å². The van der Waals surface area contributed by atoms with Crippen LogP contribution in [0.25, 0.3) is 0 Å². The number of aryl methyl sites for hydroxylation is 2. The van der Waals surface area contributed by atoms with Crippen LogP contribution in [0.3, 0.4) is 0 Å². The first-order valence-corrected chi connectivity index (χ1v) is 8.15. The second kappa shape index (κ2) is 6.34. The van der Waals surface area contributed by atoms with Crippen LogP contribution in [-0.2, 0) is 0 Å². The van der Waals surface area contributed by atoms with Crippen molar-refractivity contribution >= 4 is 32.9 Å². The predicted molar refractivity (Wildman–Crippen MR) is 84.4 cm³/mol. The predicted octanol–water partition coefficient (Wildman–Crippen LogP) is 3.77. The van der Waals surface area contributed by atoms with Crippen molar-refractivity contribution in [3.05, 3.63) is 22.1 Å². The third-order valence-electron chi connectivity index (χ3n) is 2.82. The van der Waals surface area contributed by atoms with Gasteiger partial charge in [-0.2, -0.15) is 0 Å². The van der Waals surface area contributed by atoms with Gasteiger partial charge in [0, 0.05) is 23.3 Å². The molecule has 0 aliphatic heterocycles. The Bertz CT molecular complexity index is 518. The van der Waals surface area contributed by atoms with Gasteiger partial charge in [0.1, 0.15) is 0 Å². The zero-order valence-electron chi connectivity index (χ0n) is 11.7. The first kappa shape index (κ1) is 14.3. The van der Waals surface area contributed by atoms with Gasteiger partial charge in [-0.1, -0.05) is 13.8 Å². The van der Waals surface area contributed by atoms with E-state index in [1.54, 1.807) is 22.7 Å². The van der Waals surface area contributed by atoms with Gasteiger partial charge in [-0.3, -0.25) is 0 Å². The average molecular weight is 296 g/mol. The molecule has 0 fully saturated rings. The molecule has 2 aromatic heterocycles. The summed E-state index contributed by atoms with van der Waals surface area (Å²) in [6.45, 7) is 9.31. The zero-order valence-corrected chi connectivity index (χ0v) is 13.4. The molecule has 0 saturated heterocycles. The van der Waals surface area contributed by atoms with Crippen molar-refractivity contribution in [1.29, 1.82) is 0 Å². The number of hydrogen-bond donors (Lipinski definition) is 2. The molecule has 2 aromatic rings. The largest absolute Gasteiger partial charge is 0.359 e. The summed E-state index contributed by atoms with van der Waals surface area (Å²) in [6, 6.07) is 0.342. The van der Waals surface area contributed by atoms with E-state index in [1.165, 1.54) is 0 Å². The SMILES string of the molecule is Cc1csc(NC[C@@H](Nc2nc(C)cs2)C(C)C)n1. The Morgan fingerprint density at radius 3 is 2.11 bits per heavy atom. The van der Waals surface area contributed by atoms with E-state index in [9.17, 15) is 0 Å². The Balaban J connectivity index is 1.92. The molecule has 0 unspecified atom stereocenters. The minimum absolute atomic E-state index is 0.342. The molecular weight excluding hydrogens is 276 g/mol. The van der Waals surface area contributed by atoms with Crippen molar-refractivity contribution in [2.45, 2.75) is 33.7 Å². The summed E-state index contributed by atoms with van der Waals surface area (Å²) >= 11 is 3.31. The average Bonchev–Trinajstić information content (AvgIpc) is 2.93. The van der Waals surface area contributed by atoms with Gasteiger partial charge in [0.05, 0.1) is 11.4 Å². The summed E-state index contributed by atoms with van der Waals surface area (Å²) < 4.78 is 0. The highest BCUT2D eigenvalue weighted by atomic mass is 32.1. The van der Waals surface area contributed by atoms with Crippen molar-refractivity contribution in [3.63, 3.8) is 0 Å². The summed E-state index contributed by atoms with van der Waals surface area (Å²) in [5, 5.41) is 13.0. The van der Waals surface area contributed by atoms with Gasteiger partial charge in [-0.25, -0.2) is 9.97 Å². The number of aromatic nitrogens is 2. The molecule has 0 spiro atoms. The molecule has 0 aliphatic carbocycles. The highest BCUT2D eigenvalue weighted by Crippen LogP contribution is 2.19. The molecule has 0 bridgehead atoms. The fraction of sp³-hybridized carbons (Fsp3) is 0.538. The van der Waals surface area contributed by atoms with Crippen LogP contribution in [0, 0.1) is 19.8 Å². The van der Waals surface area contributed by atoms with Crippen LogP contribution < -0.4 is 10.6 Å². The van der Waals surface area contributed by atoms with Crippen LogP contribution in [-0.4, -0.2) is 22.6 Å². The summed E-state index contributed by atoms with van der Waals surface area (Å²) in [7, 11) is 0. The maximum atomic E-state index is 4.46. The van der Waals surface area contributed by atoms with Gasteiger partial charge < -0.3 is 10.6 Å².